The summed E-state index contributed by atoms with van der Waals surface area (Å²) >= 11 is 6.14. The van der Waals surface area contributed by atoms with Crippen LogP contribution in [0.5, 0.6) is 0 Å². The summed E-state index contributed by atoms with van der Waals surface area (Å²) in [5.41, 5.74) is 1.02. The van der Waals surface area contributed by atoms with Crippen LogP contribution in [0, 0.1) is 0 Å². The Kier molecular flexibility index (Phi) is 4.98. The van der Waals surface area contributed by atoms with Gasteiger partial charge in [-0.3, -0.25) is 0 Å². The van der Waals surface area contributed by atoms with Crippen LogP contribution in [0.25, 0.3) is 0 Å². The molecule has 2 rings (SSSR count). The molecule has 1 aromatic carbocycles. The maximum Gasteiger partial charge on any atom is 0.318 e. The Hall–Kier alpha value is -1.59. The number of rotatable bonds is 6. The molecule has 0 amide bonds. The van der Waals surface area contributed by atoms with Crippen molar-refractivity contribution in [2.75, 3.05) is 11.9 Å². The molecule has 1 aromatic heterocycles. The lowest BCUT2D eigenvalue weighted by atomic mass is 10.2. The molecule has 0 saturated heterocycles. The van der Waals surface area contributed by atoms with Crippen LogP contribution in [0.1, 0.15) is 25.3 Å². The van der Waals surface area contributed by atoms with Gasteiger partial charge in [-0.1, -0.05) is 48.7 Å². The van der Waals surface area contributed by atoms with E-state index in [1.165, 1.54) is 0 Å². The van der Waals surface area contributed by atoms with Crippen molar-refractivity contribution >= 4 is 17.6 Å². The highest BCUT2D eigenvalue weighted by Gasteiger charge is 2.12. The van der Waals surface area contributed by atoms with Crippen molar-refractivity contribution in [1.29, 1.82) is 0 Å². The van der Waals surface area contributed by atoms with E-state index in [0.717, 1.165) is 10.6 Å². The Morgan fingerprint density at radius 2 is 2.05 bits per heavy atom. The summed E-state index contributed by atoms with van der Waals surface area (Å²) in [5.74, 6) is 0.583. The van der Waals surface area contributed by atoms with Crippen LogP contribution >= 0.6 is 11.6 Å². The minimum atomic E-state index is 0.381. The van der Waals surface area contributed by atoms with Crippen LogP contribution < -0.4 is 10.2 Å². The molecular weight excluding hydrogens is 276 g/mol. The van der Waals surface area contributed by atoms with Gasteiger partial charge in [-0.25, -0.2) is 0 Å². The number of anilines is 1. The van der Waals surface area contributed by atoms with Gasteiger partial charge in [-0.2, -0.15) is 0 Å². The van der Waals surface area contributed by atoms with Crippen molar-refractivity contribution in [3.63, 3.8) is 0 Å². The Morgan fingerprint density at radius 3 is 2.75 bits per heavy atom. The lowest BCUT2D eigenvalue weighted by Crippen LogP contribution is -2.22. The van der Waals surface area contributed by atoms with Crippen LogP contribution in [-0.2, 0) is 13.1 Å². The second-order valence-electron chi connectivity index (χ2n) is 4.96. The van der Waals surface area contributed by atoms with Crippen LogP contribution in [0.4, 0.5) is 6.01 Å². The van der Waals surface area contributed by atoms with Gasteiger partial charge in [0.1, 0.15) is 0 Å². The first-order chi connectivity index (χ1) is 9.56. The number of nitrogens with zero attached hydrogens (tertiary/aromatic N) is 3. The predicted octanol–water partition coefficient (Wildman–Crippen LogP) is 2.86. The summed E-state index contributed by atoms with van der Waals surface area (Å²) in [6, 6.07) is 8.60. The third-order valence-electron chi connectivity index (χ3n) is 2.81. The molecule has 6 heteroatoms. The average Bonchev–Trinajstić information content (AvgIpc) is 2.88. The van der Waals surface area contributed by atoms with Gasteiger partial charge in [0.25, 0.3) is 0 Å². The molecule has 0 aliphatic carbocycles. The van der Waals surface area contributed by atoms with Crippen molar-refractivity contribution in [1.82, 2.24) is 15.5 Å². The third-order valence-corrected chi connectivity index (χ3v) is 3.18. The van der Waals surface area contributed by atoms with Gasteiger partial charge in [-0.05, 0) is 11.6 Å². The summed E-state index contributed by atoms with van der Waals surface area (Å²) in [5, 5.41) is 12.0. The smallest absolute Gasteiger partial charge is 0.318 e. The van der Waals surface area contributed by atoms with Crippen molar-refractivity contribution < 1.29 is 4.42 Å². The van der Waals surface area contributed by atoms with Crippen LogP contribution in [0.3, 0.4) is 0 Å². The van der Waals surface area contributed by atoms with E-state index in [2.05, 4.69) is 29.4 Å². The highest BCUT2D eigenvalue weighted by molar-refractivity contribution is 6.31. The van der Waals surface area contributed by atoms with Crippen LogP contribution in [-0.4, -0.2) is 23.3 Å². The molecule has 5 nitrogen and oxygen atoms in total. The zero-order valence-electron chi connectivity index (χ0n) is 11.9. The van der Waals surface area contributed by atoms with Crippen LogP contribution in [0.2, 0.25) is 5.02 Å². The SMILES string of the molecule is CC(C)NCc1nnc(N(C)Cc2ccccc2Cl)o1. The first-order valence-corrected chi connectivity index (χ1v) is 6.94. The lowest BCUT2D eigenvalue weighted by molar-refractivity contribution is 0.449. The molecule has 1 heterocycles. The standard InChI is InChI=1S/C14H19ClN4O/c1-10(2)16-8-13-17-18-14(20-13)19(3)9-11-6-4-5-7-12(11)15/h4-7,10,16H,8-9H2,1-3H3. The molecule has 0 aliphatic rings. The quantitative estimate of drug-likeness (QED) is 0.888. The van der Waals surface area contributed by atoms with Crippen LogP contribution in [0.15, 0.2) is 28.7 Å². The van der Waals surface area contributed by atoms with Crippen molar-refractivity contribution in [3.05, 3.63) is 40.7 Å². The summed E-state index contributed by atoms with van der Waals surface area (Å²) in [4.78, 5) is 1.88. The van der Waals surface area contributed by atoms with Gasteiger partial charge >= 0.3 is 6.01 Å². The first-order valence-electron chi connectivity index (χ1n) is 6.56. The molecular formula is C14H19ClN4O. The molecule has 0 fully saturated rings. The Balaban J connectivity index is 1.99. The zero-order chi connectivity index (χ0) is 14.5. The van der Waals surface area contributed by atoms with E-state index in [4.69, 9.17) is 16.0 Å². The number of nitrogens with one attached hydrogen (secondary N) is 1. The third kappa shape index (κ3) is 3.95. The second-order valence-corrected chi connectivity index (χ2v) is 5.37. The molecule has 0 atom stereocenters. The molecule has 0 radical (unpaired) electrons. The number of hydrogen-bond donors (Lipinski definition) is 1. The molecule has 0 saturated carbocycles. The summed E-state index contributed by atoms with van der Waals surface area (Å²) in [6.07, 6.45) is 0. The van der Waals surface area contributed by atoms with Crippen molar-refractivity contribution in [2.24, 2.45) is 0 Å². The van der Waals surface area contributed by atoms with Crippen molar-refractivity contribution in [3.8, 4) is 0 Å². The monoisotopic (exact) mass is 294 g/mol. The predicted molar refractivity (Wildman–Crippen MR) is 79.8 cm³/mol. The normalized spacial score (nSPS) is 11.1. The number of benzene rings is 1. The molecule has 0 spiro atoms. The highest BCUT2D eigenvalue weighted by Crippen LogP contribution is 2.19. The zero-order valence-corrected chi connectivity index (χ0v) is 12.7. The fraction of sp³-hybridized carbons (Fsp3) is 0.429. The van der Waals surface area contributed by atoms with E-state index < -0.39 is 0 Å². The highest BCUT2D eigenvalue weighted by atomic mass is 35.5. The Morgan fingerprint density at radius 1 is 1.30 bits per heavy atom. The van der Waals surface area contributed by atoms with Crippen molar-refractivity contribution in [2.45, 2.75) is 33.0 Å². The van der Waals surface area contributed by atoms with Gasteiger partial charge in [0.05, 0.1) is 6.54 Å². The van der Waals surface area contributed by atoms with E-state index in [-0.39, 0.29) is 0 Å². The Labute approximate surface area is 123 Å². The van der Waals surface area contributed by atoms with Gasteiger partial charge < -0.3 is 14.6 Å². The number of hydrogen-bond acceptors (Lipinski definition) is 5. The maximum atomic E-state index is 6.14. The molecule has 1 N–H and O–H groups in total. The van der Waals surface area contributed by atoms with E-state index in [1.54, 1.807) is 0 Å². The molecule has 108 valence electrons. The molecule has 2 aromatic rings. The molecule has 20 heavy (non-hydrogen) atoms. The van der Waals surface area contributed by atoms with Gasteiger partial charge in [0.2, 0.25) is 5.89 Å². The number of halogens is 1. The van der Waals surface area contributed by atoms with E-state index >= 15 is 0 Å². The summed E-state index contributed by atoms with van der Waals surface area (Å²) in [7, 11) is 1.90. The average molecular weight is 295 g/mol. The maximum absolute atomic E-state index is 6.14. The minimum absolute atomic E-state index is 0.381. The van der Waals surface area contributed by atoms with Gasteiger partial charge in [0, 0.05) is 24.7 Å². The minimum Gasteiger partial charge on any atom is -0.407 e. The first kappa shape index (κ1) is 14.8. The molecule has 0 aliphatic heterocycles. The lowest BCUT2D eigenvalue weighted by Gasteiger charge is -2.14. The van der Waals surface area contributed by atoms with E-state index in [0.29, 0.717) is 31.0 Å². The fourth-order valence-electron chi connectivity index (χ4n) is 1.71. The van der Waals surface area contributed by atoms with E-state index in [9.17, 15) is 0 Å². The molecule has 0 unspecified atom stereocenters. The molecule has 0 bridgehead atoms. The number of aromatic nitrogens is 2. The van der Waals surface area contributed by atoms with Gasteiger partial charge in [-0.15, -0.1) is 5.10 Å². The largest absolute Gasteiger partial charge is 0.407 e. The second kappa shape index (κ2) is 6.72. The topological polar surface area (TPSA) is 54.2 Å². The summed E-state index contributed by atoms with van der Waals surface area (Å²) < 4.78 is 5.61. The summed E-state index contributed by atoms with van der Waals surface area (Å²) in [6.45, 7) is 5.34. The van der Waals surface area contributed by atoms with E-state index in [1.807, 2.05) is 36.2 Å². The Bertz CT molecular complexity index is 556. The fourth-order valence-corrected chi connectivity index (χ4v) is 1.91. The van der Waals surface area contributed by atoms with Gasteiger partial charge in [0.15, 0.2) is 0 Å².